The minimum absolute atomic E-state index is 0.125. The Labute approximate surface area is 137 Å². The molecule has 0 radical (unpaired) electrons. The van der Waals surface area contributed by atoms with Crippen LogP contribution in [0.1, 0.15) is 44.9 Å². The first-order valence-electron chi connectivity index (χ1n) is 8.78. The number of hydrogen-bond acceptors (Lipinski definition) is 4. The van der Waals surface area contributed by atoms with E-state index in [1.807, 2.05) is 0 Å². The van der Waals surface area contributed by atoms with Crippen LogP contribution in [-0.4, -0.2) is 60.8 Å². The van der Waals surface area contributed by atoms with Crippen LogP contribution in [0.25, 0.3) is 0 Å². The lowest BCUT2D eigenvalue weighted by molar-refractivity contribution is -0.140. The molecule has 0 aromatic heterocycles. The lowest BCUT2D eigenvalue weighted by Crippen LogP contribution is -2.56. The SMILES string of the molecule is COCCC1(C(=O)NC2CC(N(CC(=O)O)CC3CC3)C2)CC1. The standard InChI is InChI=1S/C17H28N2O4/c1-23-7-6-17(4-5-17)16(22)18-13-8-14(9-13)19(11-15(20)21)10-12-2-3-12/h12-14H,2-11H2,1H3,(H,18,22)(H,20,21). The first kappa shape index (κ1) is 16.7. The number of ether oxygens (including phenoxy) is 1. The summed E-state index contributed by atoms with van der Waals surface area (Å²) in [4.78, 5) is 25.5. The monoisotopic (exact) mass is 324 g/mol. The van der Waals surface area contributed by atoms with Crippen LogP contribution in [0.5, 0.6) is 0 Å². The Balaban J connectivity index is 1.42. The number of carboxylic acids is 1. The molecular formula is C17H28N2O4. The van der Waals surface area contributed by atoms with E-state index < -0.39 is 5.97 Å². The highest BCUT2D eigenvalue weighted by atomic mass is 16.5. The maximum Gasteiger partial charge on any atom is 0.317 e. The van der Waals surface area contributed by atoms with E-state index in [0.717, 1.165) is 38.6 Å². The van der Waals surface area contributed by atoms with E-state index in [1.54, 1.807) is 7.11 Å². The maximum absolute atomic E-state index is 12.4. The zero-order chi connectivity index (χ0) is 16.4. The molecule has 3 rings (SSSR count). The highest BCUT2D eigenvalue weighted by Crippen LogP contribution is 2.49. The summed E-state index contributed by atoms with van der Waals surface area (Å²) in [6, 6.07) is 0.522. The van der Waals surface area contributed by atoms with Crippen LogP contribution in [0, 0.1) is 11.3 Å². The number of carbonyl (C=O) groups excluding carboxylic acids is 1. The van der Waals surface area contributed by atoms with Crippen molar-refractivity contribution in [3.63, 3.8) is 0 Å². The number of carbonyl (C=O) groups is 2. The summed E-state index contributed by atoms with van der Waals surface area (Å²) in [7, 11) is 1.67. The quantitative estimate of drug-likeness (QED) is 0.632. The van der Waals surface area contributed by atoms with Gasteiger partial charge in [0, 0.05) is 32.3 Å². The predicted octanol–water partition coefficient (Wildman–Crippen LogP) is 1.25. The Morgan fingerprint density at radius 2 is 2.00 bits per heavy atom. The summed E-state index contributed by atoms with van der Waals surface area (Å²) in [5, 5.41) is 12.2. The molecule has 0 unspecified atom stereocenters. The average Bonchev–Trinajstić information content (AvgIpc) is 3.34. The molecule has 2 N–H and O–H groups in total. The summed E-state index contributed by atoms with van der Waals surface area (Å²) < 4.78 is 5.10. The van der Waals surface area contributed by atoms with E-state index in [2.05, 4.69) is 10.2 Å². The van der Waals surface area contributed by atoms with Gasteiger partial charge in [-0.1, -0.05) is 0 Å². The molecule has 0 aliphatic heterocycles. The van der Waals surface area contributed by atoms with Gasteiger partial charge >= 0.3 is 5.97 Å². The van der Waals surface area contributed by atoms with Crippen LogP contribution in [0.15, 0.2) is 0 Å². The number of methoxy groups -OCH3 is 1. The van der Waals surface area contributed by atoms with Crippen molar-refractivity contribution in [2.75, 3.05) is 26.8 Å². The fourth-order valence-electron chi connectivity index (χ4n) is 3.53. The number of aliphatic carboxylic acids is 1. The van der Waals surface area contributed by atoms with E-state index in [1.165, 1.54) is 12.8 Å². The molecule has 3 aliphatic rings. The Morgan fingerprint density at radius 1 is 1.30 bits per heavy atom. The largest absolute Gasteiger partial charge is 0.480 e. The molecule has 0 spiro atoms. The van der Waals surface area contributed by atoms with Crippen LogP contribution in [0.3, 0.4) is 0 Å². The molecule has 0 saturated heterocycles. The lowest BCUT2D eigenvalue weighted by atomic mass is 9.84. The average molecular weight is 324 g/mol. The summed E-state index contributed by atoms with van der Waals surface area (Å²) in [6.45, 7) is 1.66. The molecule has 3 aliphatic carbocycles. The molecule has 3 fully saturated rings. The molecule has 0 aromatic rings. The first-order chi connectivity index (χ1) is 11.0. The van der Waals surface area contributed by atoms with E-state index in [9.17, 15) is 9.59 Å². The Bertz CT molecular complexity index is 454. The fourth-order valence-corrected chi connectivity index (χ4v) is 3.53. The van der Waals surface area contributed by atoms with Crippen LogP contribution in [0.4, 0.5) is 0 Å². The molecule has 23 heavy (non-hydrogen) atoms. The van der Waals surface area contributed by atoms with Crippen molar-refractivity contribution in [3.8, 4) is 0 Å². The topological polar surface area (TPSA) is 78.9 Å². The van der Waals surface area contributed by atoms with Gasteiger partial charge in [-0.3, -0.25) is 14.5 Å². The second-order valence-corrected chi connectivity index (χ2v) is 7.59. The summed E-state index contributed by atoms with van der Waals surface area (Å²) in [6.07, 6.45) is 6.95. The smallest absolute Gasteiger partial charge is 0.317 e. The highest BCUT2D eigenvalue weighted by Gasteiger charge is 2.50. The van der Waals surface area contributed by atoms with Gasteiger partial charge in [-0.2, -0.15) is 0 Å². The predicted molar refractivity (Wildman–Crippen MR) is 85.0 cm³/mol. The van der Waals surface area contributed by atoms with Crippen LogP contribution >= 0.6 is 0 Å². The molecule has 6 nitrogen and oxygen atoms in total. The highest BCUT2D eigenvalue weighted by molar-refractivity contribution is 5.85. The second-order valence-electron chi connectivity index (χ2n) is 7.59. The second kappa shape index (κ2) is 6.77. The number of nitrogens with zero attached hydrogens (tertiary/aromatic N) is 1. The molecule has 1 amide bonds. The Hall–Kier alpha value is -1.14. The maximum atomic E-state index is 12.4. The van der Waals surface area contributed by atoms with Crippen molar-refractivity contribution >= 4 is 11.9 Å². The summed E-state index contributed by atoms with van der Waals surface area (Å²) >= 11 is 0. The molecule has 0 heterocycles. The van der Waals surface area contributed by atoms with Gasteiger partial charge in [-0.05, 0) is 50.9 Å². The van der Waals surface area contributed by atoms with E-state index >= 15 is 0 Å². The van der Waals surface area contributed by atoms with Crippen LogP contribution in [0.2, 0.25) is 0 Å². The third-order valence-electron chi connectivity index (χ3n) is 5.61. The summed E-state index contributed by atoms with van der Waals surface area (Å²) in [5.41, 5.74) is -0.185. The lowest BCUT2D eigenvalue weighted by Gasteiger charge is -2.43. The van der Waals surface area contributed by atoms with Gasteiger partial charge in [0.2, 0.25) is 5.91 Å². The van der Waals surface area contributed by atoms with Crippen molar-refractivity contribution < 1.29 is 19.4 Å². The van der Waals surface area contributed by atoms with Gasteiger partial charge in [-0.15, -0.1) is 0 Å². The Kier molecular flexibility index (Phi) is 4.92. The molecule has 130 valence electrons. The third-order valence-corrected chi connectivity index (χ3v) is 5.61. The number of hydrogen-bond donors (Lipinski definition) is 2. The zero-order valence-corrected chi connectivity index (χ0v) is 13.9. The van der Waals surface area contributed by atoms with Crippen molar-refractivity contribution in [1.29, 1.82) is 0 Å². The normalized spacial score (nSPS) is 28.3. The van der Waals surface area contributed by atoms with Gasteiger partial charge in [0.1, 0.15) is 0 Å². The van der Waals surface area contributed by atoms with Gasteiger partial charge < -0.3 is 15.2 Å². The van der Waals surface area contributed by atoms with Crippen molar-refractivity contribution in [3.05, 3.63) is 0 Å². The van der Waals surface area contributed by atoms with E-state index in [4.69, 9.17) is 9.84 Å². The number of amides is 1. The van der Waals surface area contributed by atoms with Crippen LogP contribution in [-0.2, 0) is 14.3 Å². The van der Waals surface area contributed by atoms with E-state index in [-0.39, 0.29) is 23.9 Å². The zero-order valence-electron chi connectivity index (χ0n) is 13.9. The first-order valence-corrected chi connectivity index (χ1v) is 8.78. The van der Waals surface area contributed by atoms with Crippen molar-refractivity contribution in [1.82, 2.24) is 10.2 Å². The van der Waals surface area contributed by atoms with Crippen molar-refractivity contribution in [2.45, 2.75) is 57.0 Å². The molecule has 3 saturated carbocycles. The number of nitrogens with one attached hydrogen (secondary N) is 1. The number of carboxylic acid groups (broad SMARTS) is 1. The third kappa shape index (κ3) is 4.23. The molecule has 0 bridgehead atoms. The number of rotatable bonds is 10. The summed E-state index contributed by atoms with van der Waals surface area (Å²) in [5.74, 6) is 0.103. The minimum atomic E-state index is -0.755. The van der Waals surface area contributed by atoms with Gasteiger partial charge in [0.15, 0.2) is 0 Å². The molecule has 0 aromatic carbocycles. The van der Waals surface area contributed by atoms with E-state index in [0.29, 0.717) is 18.6 Å². The molecule has 0 atom stereocenters. The molecule has 6 heteroatoms. The van der Waals surface area contributed by atoms with Crippen molar-refractivity contribution in [2.24, 2.45) is 11.3 Å². The van der Waals surface area contributed by atoms with Crippen LogP contribution < -0.4 is 5.32 Å². The fraction of sp³-hybridized carbons (Fsp3) is 0.882. The Morgan fingerprint density at radius 3 is 2.52 bits per heavy atom. The minimum Gasteiger partial charge on any atom is -0.480 e. The molecular weight excluding hydrogens is 296 g/mol. The van der Waals surface area contributed by atoms with Gasteiger partial charge in [0.25, 0.3) is 0 Å². The van der Waals surface area contributed by atoms with Gasteiger partial charge in [0.05, 0.1) is 12.0 Å². The van der Waals surface area contributed by atoms with Gasteiger partial charge in [-0.25, -0.2) is 0 Å².